The van der Waals surface area contributed by atoms with E-state index in [1.807, 2.05) is 0 Å². The first-order chi connectivity index (χ1) is 8.70. The summed E-state index contributed by atoms with van der Waals surface area (Å²) < 4.78 is 5.73. The molecule has 0 bridgehead atoms. The van der Waals surface area contributed by atoms with Crippen molar-refractivity contribution in [3.8, 4) is 0 Å². The quantitative estimate of drug-likeness (QED) is 0.392. The molecule has 0 rings (SSSR count). The Balaban J connectivity index is 3.45. The van der Waals surface area contributed by atoms with Gasteiger partial charge in [0.25, 0.3) is 0 Å². The standard InChI is InChI=1S/C15H34N2O/c1-3-5-6-7-8-9-10-11-14(18-4-2)12-13-15(16)17/h14-15H,3-13,16-17H2,1-2H3. The van der Waals surface area contributed by atoms with Gasteiger partial charge in [0, 0.05) is 6.61 Å². The first-order valence-corrected chi connectivity index (χ1v) is 7.83. The van der Waals surface area contributed by atoms with Gasteiger partial charge in [-0.3, -0.25) is 0 Å². The highest BCUT2D eigenvalue weighted by atomic mass is 16.5. The molecule has 110 valence electrons. The molecule has 18 heavy (non-hydrogen) atoms. The maximum absolute atomic E-state index is 5.73. The van der Waals surface area contributed by atoms with Crippen LogP contribution in [0.2, 0.25) is 0 Å². The summed E-state index contributed by atoms with van der Waals surface area (Å²) in [7, 11) is 0. The molecular formula is C15H34N2O. The van der Waals surface area contributed by atoms with Crippen molar-refractivity contribution in [2.24, 2.45) is 11.5 Å². The summed E-state index contributed by atoms with van der Waals surface area (Å²) >= 11 is 0. The average molecular weight is 258 g/mol. The van der Waals surface area contributed by atoms with E-state index in [0.717, 1.165) is 25.9 Å². The van der Waals surface area contributed by atoms with E-state index in [2.05, 4.69) is 13.8 Å². The van der Waals surface area contributed by atoms with Crippen LogP contribution in [0.1, 0.15) is 78.1 Å². The minimum Gasteiger partial charge on any atom is -0.379 e. The Morgan fingerprint density at radius 3 is 1.94 bits per heavy atom. The first kappa shape index (κ1) is 17.9. The fourth-order valence-corrected chi connectivity index (χ4v) is 2.25. The molecule has 0 aliphatic rings. The van der Waals surface area contributed by atoms with Crippen molar-refractivity contribution in [1.82, 2.24) is 0 Å². The zero-order valence-electron chi connectivity index (χ0n) is 12.5. The maximum Gasteiger partial charge on any atom is 0.0576 e. The van der Waals surface area contributed by atoms with Gasteiger partial charge in [-0.2, -0.15) is 0 Å². The molecule has 0 aliphatic heterocycles. The predicted molar refractivity (Wildman–Crippen MR) is 79.4 cm³/mol. The second-order valence-corrected chi connectivity index (χ2v) is 5.23. The van der Waals surface area contributed by atoms with Crippen LogP contribution in [-0.2, 0) is 4.74 Å². The molecule has 3 heteroatoms. The van der Waals surface area contributed by atoms with E-state index >= 15 is 0 Å². The molecule has 0 fully saturated rings. The molecule has 0 saturated heterocycles. The van der Waals surface area contributed by atoms with Gasteiger partial charge in [0.15, 0.2) is 0 Å². The van der Waals surface area contributed by atoms with Gasteiger partial charge in [0.2, 0.25) is 0 Å². The Morgan fingerprint density at radius 2 is 1.39 bits per heavy atom. The van der Waals surface area contributed by atoms with Crippen molar-refractivity contribution in [3.05, 3.63) is 0 Å². The fourth-order valence-electron chi connectivity index (χ4n) is 2.25. The van der Waals surface area contributed by atoms with Gasteiger partial charge in [0.05, 0.1) is 12.3 Å². The van der Waals surface area contributed by atoms with E-state index in [1.165, 1.54) is 44.9 Å². The summed E-state index contributed by atoms with van der Waals surface area (Å²) in [5.41, 5.74) is 11.2. The summed E-state index contributed by atoms with van der Waals surface area (Å²) in [5.74, 6) is 0. The second kappa shape index (κ2) is 13.3. The Labute approximate surface area is 114 Å². The Bertz CT molecular complexity index is 163. The smallest absolute Gasteiger partial charge is 0.0576 e. The fraction of sp³-hybridized carbons (Fsp3) is 1.00. The molecule has 0 saturated carbocycles. The Hall–Kier alpha value is -0.120. The third-order valence-corrected chi connectivity index (χ3v) is 3.35. The van der Waals surface area contributed by atoms with Crippen LogP contribution in [0.25, 0.3) is 0 Å². The van der Waals surface area contributed by atoms with E-state index in [-0.39, 0.29) is 6.17 Å². The van der Waals surface area contributed by atoms with E-state index < -0.39 is 0 Å². The van der Waals surface area contributed by atoms with Gasteiger partial charge in [-0.25, -0.2) is 0 Å². The second-order valence-electron chi connectivity index (χ2n) is 5.23. The molecular weight excluding hydrogens is 224 g/mol. The molecule has 0 radical (unpaired) electrons. The summed E-state index contributed by atoms with van der Waals surface area (Å²) in [6.07, 6.45) is 12.7. The number of unbranched alkanes of at least 4 members (excludes halogenated alkanes) is 6. The molecule has 4 N–H and O–H groups in total. The van der Waals surface area contributed by atoms with Crippen LogP contribution in [0.3, 0.4) is 0 Å². The topological polar surface area (TPSA) is 61.3 Å². The van der Waals surface area contributed by atoms with Crippen LogP contribution < -0.4 is 11.5 Å². The van der Waals surface area contributed by atoms with Gasteiger partial charge >= 0.3 is 0 Å². The van der Waals surface area contributed by atoms with Gasteiger partial charge < -0.3 is 16.2 Å². The molecule has 1 atom stereocenters. The highest BCUT2D eigenvalue weighted by Gasteiger charge is 2.09. The molecule has 0 aromatic heterocycles. The van der Waals surface area contributed by atoms with Gasteiger partial charge in [-0.05, 0) is 26.2 Å². The molecule has 1 unspecified atom stereocenters. The van der Waals surface area contributed by atoms with Crippen molar-refractivity contribution in [2.75, 3.05) is 6.61 Å². The van der Waals surface area contributed by atoms with Crippen molar-refractivity contribution >= 4 is 0 Å². The molecule has 3 nitrogen and oxygen atoms in total. The normalized spacial score (nSPS) is 13.2. The van der Waals surface area contributed by atoms with Crippen molar-refractivity contribution < 1.29 is 4.74 Å². The maximum atomic E-state index is 5.73. The Kier molecular flexibility index (Phi) is 13.2. The molecule has 0 heterocycles. The number of nitrogens with two attached hydrogens (primary N) is 2. The zero-order valence-corrected chi connectivity index (χ0v) is 12.5. The lowest BCUT2D eigenvalue weighted by Gasteiger charge is -2.18. The van der Waals surface area contributed by atoms with Crippen molar-refractivity contribution in [3.63, 3.8) is 0 Å². The summed E-state index contributed by atoms with van der Waals surface area (Å²) in [6.45, 7) is 5.11. The van der Waals surface area contributed by atoms with E-state index in [1.54, 1.807) is 0 Å². The van der Waals surface area contributed by atoms with Gasteiger partial charge in [-0.1, -0.05) is 51.9 Å². The van der Waals surface area contributed by atoms with Crippen molar-refractivity contribution in [1.29, 1.82) is 0 Å². The molecule has 0 amide bonds. The monoisotopic (exact) mass is 258 g/mol. The average Bonchev–Trinajstić information content (AvgIpc) is 2.34. The third-order valence-electron chi connectivity index (χ3n) is 3.35. The van der Waals surface area contributed by atoms with Crippen molar-refractivity contribution in [2.45, 2.75) is 90.3 Å². The summed E-state index contributed by atoms with van der Waals surface area (Å²) in [6, 6.07) is 0. The highest BCUT2D eigenvalue weighted by Crippen LogP contribution is 2.14. The predicted octanol–water partition coefficient (Wildman–Crippen LogP) is 3.56. The lowest BCUT2D eigenvalue weighted by molar-refractivity contribution is 0.0463. The number of hydrogen-bond donors (Lipinski definition) is 2. The molecule has 0 aliphatic carbocycles. The van der Waals surface area contributed by atoms with E-state index in [0.29, 0.717) is 6.10 Å². The van der Waals surface area contributed by atoms with E-state index in [9.17, 15) is 0 Å². The minimum atomic E-state index is -0.193. The zero-order chi connectivity index (χ0) is 13.6. The lowest BCUT2D eigenvalue weighted by atomic mass is 10.0. The van der Waals surface area contributed by atoms with Crippen LogP contribution in [0.5, 0.6) is 0 Å². The SMILES string of the molecule is CCCCCCCCCC(CCC(N)N)OCC. The van der Waals surface area contributed by atoms with Crippen LogP contribution in [0.4, 0.5) is 0 Å². The van der Waals surface area contributed by atoms with Gasteiger partial charge in [0.1, 0.15) is 0 Å². The first-order valence-electron chi connectivity index (χ1n) is 7.83. The summed E-state index contributed by atoms with van der Waals surface area (Å²) in [4.78, 5) is 0. The van der Waals surface area contributed by atoms with Crippen LogP contribution in [0.15, 0.2) is 0 Å². The minimum absolute atomic E-state index is 0.193. The molecule has 0 aromatic rings. The molecule has 0 aromatic carbocycles. The number of hydrogen-bond acceptors (Lipinski definition) is 3. The highest BCUT2D eigenvalue weighted by molar-refractivity contribution is 4.62. The third kappa shape index (κ3) is 12.3. The Morgan fingerprint density at radius 1 is 0.778 bits per heavy atom. The lowest BCUT2D eigenvalue weighted by Crippen LogP contribution is -2.31. The van der Waals surface area contributed by atoms with Crippen LogP contribution >= 0.6 is 0 Å². The van der Waals surface area contributed by atoms with E-state index in [4.69, 9.17) is 16.2 Å². The summed E-state index contributed by atoms with van der Waals surface area (Å²) in [5, 5.41) is 0. The van der Waals surface area contributed by atoms with Crippen LogP contribution in [0, 0.1) is 0 Å². The number of ether oxygens (including phenoxy) is 1. The molecule has 0 spiro atoms. The van der Waals surface area contributed by atoms with Gasteiger partial charge in [-0.15, -0.1) is 0 Å². The number of rotatable bonds is 13. The largest absolute Gasteiger partial charge is 0.379 e. The van der Waals surface area contributed by atoms with Crippen LogP contribution in [-0.4, -0.2) is 18.9 Å².